The molecule has 4 aromatic rings. The molecule has 0 fully saturated rings. The molecule has 1 aliphatic rings. The van der Waals surface area contributed by atoms with Crippen molar-refractivity contribution in [2.75, 3.05) is 13.7 Å². The molecule has 128 valence electrons. The highest BCUT2D eigenvalue weighted by molar-refractivity contribution is 7.15. The number of benzene rings is 2. The Morgan fingerprint density at radius 3 is 3.00 bits per heavy atom. The minimum atomic E-state index is -0.0453. The lowest BCUT2D eigenvalue weighted by molar-refractivity contribution is 0.319. The molecule has 0 unspecified atom stereocenters. The van der Waals surface area contributed by atoms with Gasteiger partial charge in [0.1, 0.15) is 6.61 Å². The highest BCUT2D eigenvalue weighted by Crippen LogP contribution is 2.35. The highest BCUT2D eigenvalue weighted by atomic mass is 32.1. The Hall–Kier alpha value is -3.12. The fourth-order valence-electron chi connectivity index (χ4n) is 3.22. The van der Waals surface area contributed by atoms with Crippen LogP contribution in [-0.2, 0) is 0 Å². The van der Waals surface area contributed by atoms with E-state index in [0.717, 1.165) is 27.9 Å². The Balaban J connectivity index is 1.66. The van der Waals surface area contributed by atoms with E-state index in [1.54, 1.807) is 11.5 Å². The fourth-order valence-corrected chi connectivity index (χ4v) is 4.22. The van der Waals surface area contributed by atoms with Crippen LogP contribution in [0.3, 0.4) is 0 Å². The first kappa shape index (κ1) is 15.2. The number of fused-ring (bicyclic) bond motifs is 4. The minimum absolute atomic E-state index is 0.0453. The van der Waals surface area contributed by atoms with Crippen molar-refractivity contribution in [3.05, 3.63) is 68.5 Å². The third-order valence-electron chi connectivity index (χ3n) is 4.41. The molecule has 0 bridgehead atoms. The summed E-state index contributed by atoms with van der Waals surface area (Å²) < 4.78 is 13.5. The average Bonchev–Trinajstić information content (AvgIpc) is 3.17. The van der Waals surface area contributed by atoms with Crippen molar-refractivity contribution >= 4 is 39.5 Å². The van der Waals surface area contributed by atoms with Crippen LogP contribution in [0.15, 0.2) is 52.8 Å². The second kappa shape index (κ2) is 5.71. The number of hydrogen-bond acceptors (Lipinski definition) is 5. The maximum Gasteiger partial charge on any atom is 0.274 e. The second-order valence-electron chi connectivity index (χ2n) is 6.02. The summed E-state index contributed by atoms with van der Waals surface area (Å²) in [6, 6.07) is 13.4. The predicted molar refractivity (Wildman–Crippen MR) is 103 cm³/mol. The van der Waals surface area contributed by atoms with Crippen molar-refractivity contribution < 1.29 is 9.47 Å². The van der Waals surface area contributed by atoms with Gasteiger partial charge in [-0.05, 0) is 35.9 Å². The predicted octanol–water partition coefficient (Wildman–Crippen LogP) is 2.89. The van der Waals surface area contributed by atoms with Crippen LogP contribution in [0.5, 0.6) is 11.5 Å². The van der Waals surface area contributed by atoms with Gasteiger partial charge in [0.15, 0.2) is 16.5 Å². The molecular formula is C20H14N2O3S. The zero-order chi connectivity index (χ0) is 17.7. The summed E-state index contributed by atoms with van der Waals surface area (Å²) in [4.78, 5) is 18.1. The van der Waals surface area contributed by atoms with Gasteiger partial charge in [-0.2, -0.15) is 0 Å². The maximum atomic E-state index is 12.8. The monoisotopic (exact) mass is 362 g/mol. The van der Waals surface area contributed by atoms with E-state index in [0.29, 0.717) is 21.8 Å². The quantitative estimate of drug-likeness (QED) is 0.550. The lowest BCUT2D eigenvalue weighted by Gasteiger charge is -2.18. The highest BCUT2D eigenvalue weighted by Gasteiger charge is 2.16. The van der Waals surface area contributed by atoms with Crippen molar-refractivity contribution in [2.24, 2.45) is 0 Å². The molecule has 0 N–H and O–H groups in total. The molecule has 0 aliphatic carbocycles. The van der Waals surface area contributed by atoms with Gasteiger partial charge in [-0.3, -0.25) is 4.79 Å². The van der Waals surface area contributed by atoms with Gasteiger partial charge in [0.25, 0.3) is 5.56 Å². The molecule has 2 aromatic carbocycles. The Bertz CT molecular complexity index is 1300. The van der Waals surface area contributed by atoms with E-state index in [1.165, 1.54) is 11.3 Å². The van der Waals surface area contributed by atoms with E-state index < -0.39 is 0 Å². The summed E-state index contributed by atoms with van der Waals surface area (Å²) in [6.07, 6.45) is 3.92. The number of ether oxygens (including phenoxy) is 2. The molecular weight excluding hydrogens is 348 g/mol. The standard InChI is InChI=1S/C20H14N2O3S/c1-24-16-8-4-5-13-9-12(11-25-18(13)16)10-17-19(23)22-15-7-3-2-6-14(15)21-20(22)26-17/h2-10H,11H2,1H3/b17-10-. The van der Waals surface area contributed by atoms with Crippen LogP contribution in [0.2, 0.25) is 0 Å². The molecule has 0 saturated heterocycles. The number of methoxy groups -OCH3 is 1. The first-order valence-corrected chi connectivity index (χ1v) is 8.98. The molecule has 5 nitrogen and oxygen atoms in total. The van der Waals surface area contributed by atoms with E-state index in [-0.39, 0.29) is 5.56 Å². The van der Waals surface area contributed by atoms with Crippen LogP contribution in [-0.4, -0.2) is 23.1 Å². The van der Waals surface area contributed by atoms with Crippen molar-refractivity contribution in [1.29, 1.82) is 0 Å². The molecule has 0 amide bonds. The second-order valence-corrected chi connectivity index (χ2v) is 7.03. The van der Waals surface area contributed by atoms with Crippen molar-refractivity contribution in [3.63, 3.8) is 0 Å². The Morgan fingerprint density at radius 2 is 2.12 bits per heavy atom. The van der Waals surface area contributed by atoms with Crippen molar-refractivity contribution in [3.8, 4) is 11.5 Å². The van der Waals surface area contributed by atoms with Gasteiger partial charge in [0.2, 0.25) is 0 Å². The van der Waals surface area contributed by atoms with Crippen molar-refractivity contribution in [2.45, 2.75) is 0 Å². The topological polar surface area (TPSA) is 52.8 Å². The third kappa shape index (κ3) is 2.23. The summed E-state index contributed by atoms with van der Waals surface area (Å²) in [5.41, 5.74) is 3.52. The SMILES string of the molecule is COc1cccc2c1OCC(/C=c1\sc3nc4ccccc4n3c1=O)=C2. The van der Waals surface area contributed by atoms with E-state index in [9.17, 15) is 4.79 Å². The summed E-state index contributed by atoms with van der Waals surface area (Å²) in [6.45, 7) is 0.397. The van der Waals surface area contributed by atoms with Gasteiger partial charge in [-0.15, -0.1) is 0 Å². The maximum absolute atomic E-state index is 12.8. The zero-order valence-electron chi connectivity index (χ0n) is 13.9. The van der Waals surface area contributed by atoms with Crippen LogP contribution in [0.1, 0.15) is 5.56 Å². The third-order valence-corrected chi connectivity index (χ3v) is 5.38. The zero-order valence-corrected chi connectivity index (χ0v) is 14.7. The van der Waals surface area contributed by atoms with Crippen LogP contribution in [0.25, 0.3) is 28.1 Å². The van der Waals surface area contributed by atoms with Gasteiger partial charge in [-0.25, -0.2) is 9.38 Å². The first-order valence-electron chi connectivity index (χ1n) is 8.17. The van der Waals surface area contributed by atoms with Gasteiger partial charge in [0, 0.05) is 5.56 Å². The normalized spacial score (nSPS) is 14.3. The number of nitrogens with zero attached hydrogens (tertiary/aromatic N) is 2. The number of rotatable bonds is 2. The summed E-state index contributed by atoms with van der Waals surface area (Å²) in [7, 11) is 1.62. The molecule has 0 radical (unpaired) electrons. The summed E-state index contributed by atoms with van der Waals surface area (Å²) in [5.74, 6) is 1.45. The van der Waals surface area contributed by atoms with Crippen LogP contribution < -0.4 is 19.6 Å². The minimum Gasteiger partial charge on any atom is -0.493 e. The molecule has 26 heavy (non-hydrogen) atoms. The van der Waals surface area contributed by atoms with E-state index in [2.05, 4.69) is 4.98 Å². The molecule has 1 aliphatic heterocycles. The van der Waals surface area contributed by atoms with Gasteiger partial charge < -0.3 is 9.47 Å². The molecule has 5 rings (SSSR count). The first-order chi connectivity index (χ1) is 12.7. The average molecular weight is 362 g/mol. The molecule has 0 saturated carbocycles. The van der Waals surface area contributed by atoms with Crippen molar-refractivity contribution in [1.82, 2.24) is 9.38 Å². The largest absolute Gasteiger partial charge is 0.493 e. The van der Waals surface area contributed by atoms with Crippen LogP contribution in [0.4, 0.5) is 0 Å². The molecule has 2 aromatic heterocycles. The van der Waals surface area contributed by atoms with E-state index in [4.69, 9.17) is 9.47 Å². The molecule has 3 heterocycles. The summed E-state index contributed by atoms with van der Waals surface area (Å²) in [5, 5.41) is 0. The van der Waals surface area contributed by atoms with E-state index in [1.807, 2.05) is 54.6 Å². The number of aromatic nitrogens is 2. The number of hydrogen-bond donors (Lipinski definition) is 0. The molecule has 0 atom stereocenters. The summed E-state index contributed by atoms with van der Waals surface area (Å²) >= 11 is 1.39. The lowest BCUT2D eigenvalue weighted by Crippen LogP contribution is -2.23. The number of para-hydroxylation sites is 3. The van der Waals surface area contributed by atoms with Crippen LogP contribution >= 0.6 is 11.3 Å². The Labute approximate surface area is 152 Å². The fraction of sp³-hybridized carbons (Fsp3) is 0.100. The lowest BCUT2D eigenvalue weighted by atomic mass is 10.1. The molecule has 0 spiro atoms. The Kier molecular flexibility index (Phi) is 3.33. The van der Waals surface area contributed by atoms with Gasteiger partial charge >= 0.3 is 0 Å². The molecule has 6 heteroatoms. The Morgan fingerprint density at radius 1 is 1.23 bits per heavy atom. The van der Waals surface area contributed by atoms with Gasteiger partial charge in [-0.1, -0.05) is 35.6 Å². The number of imidazole rings is 1. The smallest absolute Gasteiger partial charge is 0.274 e. The van der Waals surface area contributed by atoms with E-state index >= 15 is 0 Å². The van der Waals surface area contributed by atoms with Gasteiger partial charge in [0.05, 0.1) is 22.7 Å². The number of thiazole rings is 1. The van der Waals surface area contributed by atoms with Crippen LogP contribution in [0, 0.1) is 0 Å².